The predicted molar refractivity (Wildman–Crippen MR) is 98.5 cm³/mol. The number of imidazole rings is 1. The van der Waals surface area contributed by atoms with Crippen LogP contribution in [-0.4, -0.2) is 57.3 Å². The summed E-state index contributed by atoms with van der Waals surface area (Å²) < 4.78 is 1.93. The van der Waals surface area contributed by atoms with Gasteiger partial charge in [-0.15, -0.1) is 0 Å². The van der Waals surface area contributed by atoms with E-state index in [0.29, 0.717) is 26.2 Å². The van der Waals surface area contributed by atoms with Crippen LogP contribution in [0.3, 0.4) is 0 Å². The summed E-state index contributed by atoms with van der Waals surface area (Å²) in [6, 6.07) is 7.94. The Hall–Kier alpha value is -2.89. The molecule has 2 aliphatic rings. The van der Waals surface area contributed by atoms with Crippen molar-refractivity contribution in [3.63, 3.8) is 0 Å². The quantitative estimate of drug-likeness (QED) is 0.792. The van der Waals surface area contributed by atoms with Gasteiger partial charge < -0.3 is 14.4 Å². The van der Waals surface area contributed by atoms with Crippen LogP contribution in [0.5, 0.6) is 0 Å². The van der Waals surface area contributed by atoms with Crippen molar-refractivity contribution >= 4 is 17.9 Å². The van der Waals surface area contributed by atoms with E-state index in [-0.39, 0.29) is 17.7 Å². The van der Waals surface area contributed by atoms with Gasteiger partial charge in [0.1, 0.15) is 0 Å². The standard InChI is InChI=1S/C20H22N4O2/c25-19(22-11-13-23(14-12-22)20(26)17-4-5-17)8-3-16-1-6-18(7-2-16)24-10-9-21-15-24/h1-3,6-10,15,17H,4-5,11-14H2. The first-order valence-corrected chi connectivity index (χ1v) is 9.05. The summed E-state index contributed by atoms with van der Waals surface area (Å²) in [5, 5.41) is 0. The Labute approximate surface area is 152 Å². The molecule has 0 atom stereocenters. The minimum absolute atomic E-state index is 0.00204. The van der Waals surface area contributed by atoms with E-state index in [0.717, 1.165) is 24.1 Å². The van der Waals surface area contributed by atoms with Crippen LogP contribution in [0, 0.1) is 5.92 Å². The van der Waals surface area contributed by atoms with Gasteiger partial charge >= 0.3 is 0 Å². The maximum atomic E-state index is 12.4. The highest BCUT2D eigenvalue weighted by Gasteiger charge is 2.34. The summed E-state index contributed by atoms with van der Waals surface area (Å²) in [5.41, 5.74) is 2.01. The molecule has 1 saturated heterocycles. The zero-order valence-electron chi connectivity index (χ0n) is 14.6. The van der Waals surface area contributed by atoms with Crippen molar-refractivity contribution < 1.29 is 9.59 Å². The number of benzene rings is 1. The molecule has 0 N–H and O–H groups in total. The lowest BCUT2D eigenvalue weighted by atomic mass is 10.2. The lowest BCUT2D eigenvalue weighted by Gasteiger charge is -2.34. The van der Waals surface area contributed by atoms with E-state index in [1.165, 1.54) is 0 Å². The molecule has 2 aromatic rings. The fourth-order valence-electron chi connectivity index (χ4n) is 3.18. The van der Waals surface area contributed by atoms with Crippen molar-refractivity contribution in [2.45, 2.75) is 12.8 Å². The van der Waals surface area contributed by atoms with Gasteiger partial charge in [-0.3, -0.25) is 9.59 Å². The molecule has 1 aromatic heterocycles. The summed E-state index contributed by atoms with van der Waals surface area (Å²) in [7, 11) is 0. The molecule has 2 amide bonds. The minimum Gasteiger partial charge on any atom is -0.339 e. The molecular weight excluding hydrogens is 328 g/mol. The molecule has 1 aromatic carbocycles. The first-order valence-electron chi connectivity index (χ1n) is 9.05. The van der Waals surface area contributed by atoms with Crippen molar-refractivity contribution in [2.75, 3.05) is 26.2 Å². The van der Waals surface area contributed by atoms with Crippen LogP contribution in [0.2, 0.25) is 0 Å². The Morgan fingerprint density at radius 1 is 1.00 bits per heavy atom. The Morgan fingerprint density at radius 3 is 2.31 bits per heavy atom. The van der Waals surface area contributed by atoms with Crippen LogP contribution in [-0.2, 0) is 9.59 Å². The molecule has 0 spiro atoms. The molecule has 1 saturated carbocycles. The average Bonchev–Trinajstić information content (AvgIpc) is 3.40. The molecule has 26 heavy (non-hydrogen) atoms. The van der Waals surface area contributed by atoms with Crippen LogP contribution in [0.4, 0.5) is 0 Å². The van der Waals surface area contributed by atoms with Crippen LogP contribution in [0.1, 0.15) is 18.4 Å². The number of aromatic nitrogens is 2. The second-order valence-corrected chi connectivity index (χ2v) is 6.82. The van der Waals surface area contributed by atoms with E-state index in [9.17, 15) is 9.59 Å². The van der Waals surface area contributed by atoms with Gasteiger partial charge in [0.2, 0.25) is 11.8 Å². The SMILES string of the molecule is O=C(C=Cc1ccc(-n2ccnc2)cc1)N1CCN(C(=O)C2CC2)CC1. The summed E-state index contributed by atoms with van der Waals surface area (Å²) in [6.07, 6.45) is 10.9. The zero-order valence-corrected chi connectivity index (χ0v) is 14.6. The first kappa shape index (κ1) is 16.6. The molecular formula is C20H22N4O2. The Morgan fingerprint density at radius 2 is 1.69 bits per heavy atom. The number of carbonyl (C=O) groups excluding carboxylic acids is 2. The molecule has 134 valence electrons. The van der Waals surface area contributed by atoms with E-state index in [1.807, 2.05) is 50.9 Å². The smallest absolute Gasteiger partial charge is 0.246 e. The fourth-order valence-corrected chi connectivity index (χ4v) is 3.18. The summed E-state index contributed by atoms with van der Waals surface area (Å²) in [5.74, 6) is 0.523. The highest BCUT2D eigenvalue weighted by atomic mass is 16.2. The van der Waals surface area contributed by atoms with Crippen molar-refractivity contribution in [2.24, 2.45) is 5.92 Å². The lowest BCUT2D eigenvalue weighted by Crippen LogP contribution is -2.50. The molecule has 0 radical (unpaired) electrons. The Bertz CT molecular complexity index is 799. The fraction of sp³-hybridized carbons (Fsp3) is 0.350. The molecule has 6 heteroatoms. The molecule has 6 nitrogen and oxygen atoms in total. The molecule has 1 aliphatic carbocycles. The minimum atomic E-state index is 0.00204. The van der Waals surface area contributed by atoms with Gasteiger partial charge in [0.05, 0.1) is 6.33 Å². The topological polar surface area (TPSA) is 58.4 Å². The van der Waals surface area contributed by atoms with Gasteiger partial charge in [0.15, 0.2) is 0 Å². The van der Waals surface area contributed by atoms with Crippen molar-refractivity contribution in [3.05, 3.63) is 54.6 Å². The van der Waals surface area contributed by atoms with Gasteiger partial charge in [-0.1, -0.05) is 12.1 Å². The first-order chi connectivity index (χ1) is 12.7. The molecule has 0 bridgehead atoms. The average molecular weight is 350 g/mol. The van der Waals surface area contributed by atoms with E-state index in [2.05, 4.69) is 4.98 Å². The van der Waals surface area contributed by atoms with Crippen LogP contribution in [0.15, 0.2) is 49.1 Å². The van der Waals surface area contributed by atoms with E-state index in [1.54, 1.807) is 18.6 Å². The maximum absolute atomic E-state index is 12.4. The largest absolute Gasteiger partial charge is 0.339 e. The zero-order chi connectivity index (χ0) is 17.9. The lowest BCUT2D eigenvalue weighted by molar-refractivity contribution is -0.138. The van der Waals surface area contributed by atoms with Crippen molar-refractivity contribution in [3.8, 4) is 5.69 Å². The third-order valence-corrected chi connectivity index (χ3v) is 4.94. The van der Waals surface area contributed by atoms with Crippen LogP contribution in [0.25, 0.3) is 11.8 Å². The third kappa shape index (κ3) is 3.69. The second-order valence-electron chi connectivity index (χ2n) is 6.82. The van der Waals surface area contributed by atoms with Crippen LogP contribution < -0.4 is 0 Å². The van der Waals surface area contributed by atoms with E-state index < -0.39 is 0 Å². The summed E-state index contributed by atoms with van der Waals surface area (Å²) >= 11 is 0. The molecule has 2 heterocycles. The van der Waals surface area contributed by atoms with Crippen molar-refractivity contribution in [1.29, 1.82) is 0 Å². The number of nitrogens with zero attached hydrogens (tertiary/aromatic N) is 4. The molecule has 0 unspecified atom stereocenters. The number of hydrogen-bond acceptors (Lipinski definition) is 3. The number of rotatable bonds is 4. The van der Waals surface area contributed by atoms with Crippen LogP contribution >= 0.6 is 0 Å². The third-order valence-electron chi connectivity index (χ3n) is 4.94. The number of piperazine rings is 1. The molecule has 4 rings (SSSR count). The summed E-state index contributed by atoms with van der Waals surface area (Å²) in [6.45, 7) is 2.52. The van der Waals surface area contributed by atoms with Gasteiger partial charge in [-0.2, -0.15) is 0 Å². The van der Waals surface area contributed by atoms with Gasteiger partial charge in [0, 0.05) is 56.3 Å². The van der Waals surface area contributed by atoms with Gasteiger partial charge in [-0.25, -0.2) is 4.98 Å². The summed E-state index contributed by atoms with van der Waals surface area (Å²) in [4.78, 5) is 32.2. The van der Waals surface area contributed by atoms with Crippen molar-refractivity contribution in [1.82, 2.24) is 19.4 Å². The number of amides is 2. The highest BCUT2D eigenvalue weighted by molar-refractivity contribution is 5.92. The second kappa shape index (κ2) is 7.15. The Kier molecular flexibility index (Phi) is 4.56. The van der Waals surface area contributed by atoms with E-state index in [4.69, 9.17) is 0 Å². The predicted octanol–water partition coefficient (Wildman–Crippen LogP) is 1.97. The molecule has 1 aliphatic heterocycles. The Balaban J connectivity index is 1.31. The maximum Gasteiger partial charge on any atom is 0.246 e. The molecule has 2 fully saturated rings. The van der Waals surface area contributed by atoms with Gasteiger partial charge in [0.25, 0.3) is 0 Å². The van der Waals surface area contributed by atoms with Gasteiger partial charge in [-0.05, 0) is 36.6 Å². The number of carbonyl (C=O) groups is 2. The highest BCUT2D eigenvalue weighted by Crippen LogP contribution is 2.31. The number of hydrogen-bond donors (Lipinski definition) is 0. The van der Waals surface area contributed by atoms with E-state index >= 15 is 0 Å². The normalized spacial score (nSPS) is 17.7. The monoisotopic (exact) mass is 350 g/mol.